The topological polar surface area (TPSA) is 45.8 Å². The zero-order chi connectivity index (χ0) is 9.26. The van der Waals surface area contributed by atoms with E-state index in [-0.39, 0.29) is 0 Å². The van der Waals surface area contributed by atoms with Gasteiger partial charge in [-0.1, -0.05) is 0 Å². The van der Waals surface area contributed by atoms with Gasteiger partial charge in [0.1, 0.15) is 0 Å². The molecule has 1 aromatic carbocycles. The quantitative estimate of drug-likeness (QED) is 0.585. The Balaban J connectivity index is 2.77. The van der Waals surface area contributed by atoms with Gasteiger partial charge in [-0.05, 0) is 18.4 Å². The lowest BCUT2D eigenvalue weighted by atomic mass is 10.2. The second-order valence-electron chi connectivity index (χ2n) is 2.63. The predicted molar refractivity (Wildman–Crippen MR) is 53.3 cm³/mol. The monoisotopic (exact) mass is 192 g/mol. The molecule has 1 heterocycles. The van der Waals surface area contributed by atoms with Crippen molar-refractivity contribution in [3.8, 4) is 0 Å². The first kappa shape index (κ1) is 8.31. The maximum Gasteiger partial charge on any atom is 0.152 e. The van der Waals surface area contributed by atoms with Crippen LogP contribution in [0.5, 0.6) is 0 Å². The average molecular weight is 192 g/mol. The van der Waals surface area contributed by atoms with Gasteiger partial charge in [-0.2, -0.15) is 0 Å². The maximum atomic E-state index is 10.7. The summed E-state index contributed by atoms with van der Waals surface area (Å²) < 4.78 is 0. The van der Waals surface area contributed by atoms with E-state index in [1.54, 1.807) is 18.1 Å². The van der Waals surface area contributed by atoms with E-state index in [4.69, 9.17) is 0 Å². The van der Waals surface area contributed by atoms with Gasteiger partial charge in [0.15, 0.2) is 6.29 Å². The summed E-state index contributed by atoms with van der Waals surface area (Å²) in [7, 11) is 0. The predicted octanol–water partition coefficient (Wildman–Crippen LogP) is 2.10. The Hall–Kier alpha value is -1.29. The van der Waals surface area contributed by atoms with Crippen molar-refractivity contribution in [3.05, 3.63) is 24.0 Å². The van der Waals surface area contributed by atoms with Crippen molar-refractivity contribution in [1.82, 2.24) is 9.97 Å². The van der Waals surface area contributed by atoms with Crippen LogP contribution in [-0.4, -0.2) is 22.5 Å². The molecule has 0 aliphatic rings. The number of thioether (sulfide) groups is 1. The lowest BCUT2D eigenvalue weighted by molar-refractivity contribution is 0.112. The third-order valence-electron chi connectivity index (χ3n) is 1.89. The van der Waals surface area contributed by atoms with Gasteiger partial charge in [-0.25, -0.2) is 4.98 Å². The van der Waals surface area contributed by atoms with Crippen LogP contribution in [0.4, 0.5) is 0 Å². The maximum absolute atomic E-state index is 10.7. The largest absolute Gasteiger partial charge is 0.345 e. The minimum Gasteiger partial charge on any atom is -0.345 e. The summed E-state index contributed by atoms with van der Waals surface area (Å²) >= 11 is 1.61. The number of aromatic amines is 1. The van der Waals surface area contributed by atoms with E-state index in [2.05, 4.69) is 9.97 Å². The number of benzene rings is 1. The fourth-order valence-corrected chi connectivity index (χ4v) is 1.74. The van der Waals surface area contributed by atoms with Crippen LogP contribution in [0.3, 0.4) is 0 Å². The number of nitrogens with zero attached hydrogens (tertiary/aromatic N) is 1. The highest BCUT2D eigenvalue weighted by atomic mass is 32.2. The zero-order valence-corrected chi connectivity index (χ0v) is 7.89. The first-order chi connectivity index (χ1) is 6.35. The summed E-state index contributed by atoms with van der Waals surface area (Å²) in [5.74, 6) is 0. The zero-order valence-electron chi connectivity index (χ0n) is 7.07. The number of nitrogens with one attached hydrogen (secondary N) is 1. The van der Waals surface area contributed by atoms with Crippen LogP contribution in [0.2, 0.25) is 0 Å². The van der Waals surface area contributed by atoms with Crippen LogP contribution < -0.4 is 0 Å². The molecule has 2 aromatic rings. The summed E-state index contributed by atoms with van der Waals surface area (Å²) in [6, 6.07) is 3.83. The first-order valence-electron chi connectivity index (χ1n) is 3.81. The molecule has 0 aliphatic heterocycles. The SMILES string of the molecule is CSc1cc(C=O)c2nc[nH]c2c1. The number of hydrogen-bond acceptors (Lipinski definition) is 3. The van der Waals surface area contributed by atoms with Crippen molar-refractivity contribution in [3.63, 3.8) is 0 Å². The standard InChI is InChI=1S/C9H8N2OS/c1-13-7-2-6(4-12)9-8(3-7)10-5-11-9/h2-5H,1H3,(H,10,11). The number of H-pyrrole nitrogens is 1. The molecule has 2 rings (SSSR count). The molecule has 0 spiro atoms. The van der Waals surface area contributed by atoms with E-state index < -0.39 is 0 Å². The number of aromatic nitrogens is 2. The molecule has 0 bridgehead atoms. The Morgan fingerprint density at radius 3 is 3.08 bits per heavy atom. The highest BCUT2D eigenvalue weighted by Gasteiger charge is 2.04. The van der Waals surface area contributed by atoms with Gasteiger partial charge in [0.25, 0.3) is 0 Å². The van der Waals surface area contributed by atoms with E-state index in [9.17, 15) is 4.79 Å². The van der Waals surface area contributed by atoms with Gasteiger partial charge >= 0.3 is 0 Å². The molecule has 0 radical (unpaired) electrons. The minimum absolute atomic E-state index is 0.642. The minimum atomic E-state index is 0.642. The van der Waals surface area contributed by atoms with Crippen LogP contribution in [0.15, 0.2) is 23.4 Å². The van der Waals surface area contributed by atoms with E-state index >= 15 is 0 Å². The molecule has 0 fully saturated rings. The molecule has 0 amide bonds. The van der Waals surface area contributed by atoms with Crippen molar-refractivity contribution in [2.24, 2.45) is 0 Å². The van der Waals surface area contributed by atoms with Crippen LogP contribution in [0.1, 0.15) is 10.4 Å². The summed E-state index contributed by atoms with van der Waals surface area (Å²) in [6.07, 6.45) is 4.41. The first-order valence-corrected chi connectivity index (χ1v) is 5.04. The van der Waals surface area contributed by atoms with E-state index in [0.717, 1.165) is 22.2 Å². The fraction of sp³-hybridized carbons (Fsp3) is 0.111. The van der Waals surface area contributed by atoms with Crippen LogP contribution in [0.25, 0.3) is 11.0 Å². The number of rotatable bonds is 2. The van der Waals surface area contributed by atoms with Crippen molar-refractivity contribution in [1.29, 1.82) is 0 Å². The average Bonchev–Trinajstić information content (AvgIpc) is 2.63. The smallest absolute Gasteiger partial charge is 0.152 e. The van der Waals surface area contributed by atoms with Gasteiger partial charge in [0.2, 0.25) is 0 Å². The molecule has 1 aromatic heterocycles. The van der Waals surface area contributed by atoms with Crippen LogP contribution >= 0.6 is 11.8 Å². The summed E-state index contributed by atoms with van der Waals surface area (Å²) in [4.78, 5) is 18.8. The lowest BCUT2D eigenvalue weighted by Crippen LogP contribution is -1.84. The lowest BCUT2D eigenvalue weighted by Gasteiger charge is -1.98. The number of fused-ring (bicyclic) bond motifs is 1. The summed E-state index contributed by atoms with van der Waals surface area (Å²) in [6.45, 7) is 0. The van der Waals surface area contributed by atoms with Crippen LogP contribution in [0, 0.1) is 0 Å². The molecule has 3 nitrogen and oxygen atoms in total. The summed E-state index contributed by atoms with van der Waals surface area (Å²) in [5, 5.41) is 0. The molecule has 0 aliphatic carbocycles. The highest BCUT2D eigenvalue weighted by molar-refractivity contribution is 7.98. The fourth-order valence-electron chi connectivity index (χ4n) is 1.26. The number of carbonyl (C=O) groups is 1. The molecule has 4 heteroatoms. The Bertz CT molecular complexity index is 450. The molecule has 0 saturated carbocycles. The number of imidazole rings is 1. The van der Waals surface area contributed by atoms with Crippen molar-refractivity contribution in [2.75, 3.05) is 6.26 Å². The van der Waals surface area contributed by atoms with E-state index in [1.807, 2.05) is 18.4 Å². The molecule has 0 atom stereocenters. The Labute approximate surface area is 79.6 Å². The number of hydrogen-bond donors (Lipinski definition) is 1. The molecule has 66 valence electrons. The van der Waals surface area contributed by atoms with Crippen molar-refractivity contribution < 1.29 is 4.79 Å². The Kier molecular flexibility index (Phi) is 2.06. The number of aldehydes is 1. The summed E-state index contributed by atoms with van der Waals surface area (Å²) in [5.41, 5.74) is 2.30. The molecule has 0 saturated heterocycles. The Morgan fingerprint density at radius 2 is 2.38 bits per heavy atom. The van der Waals surface area contributed by atoms with Gasteiger partial charge in [-0.3, -0.25) is 4.79 Å². The second-order valence-corrected chi connectivity index (χ2v) is 3.51. The van der Waals surface area contributed by atoms with Crippen molar-refractivity contribution >= 4 is 29.1 Å². The van der Waals surface area contributed by atoms with E-state index in [0.29, 0.717) is 5.56 Å². The molecule has 1 N–H and O–H groups in total. The third-order valence-corrected chi connectivity index (χ3v) is 2.60. The molecular weight excluding hydrogens is 184 g/mol. The molecule has 13 heavy (non-hydrogen) atoms. The van der Waals surface area contributed by atoms with Crippen molar-refractivity contribution in [2.45, 2.75) is 4.90 Å². The molecule has 0 unspecified atom stereocenters. The van der Waals surface area contributed by atoms with Gasteiger partial charge < -0.3 is 4.98 Å². The van der Waals surface area contributed by atoms with Crippen LogP contribution in [-0.2, 0) is 0 Å². The van der Waals surface area contributed by atoms with Gasteiger partial charge in [0, 0.05) is 10.5 Å². The third kappa shape index (κ3) is 1.33. The number of carbonyl (C=O) groups excluding carboxylic acids is 1. The van der Waals surface area contributed by atoms with Gasteiger partial charge in [-0.15, -0.1) is 11.8 Å². The van der Waals surface area contributed by atoms with Gasteiger partial charge in [0.05, 0.1) is 17.4 Å². The Morgan fingerprint density at radius 1 is 1.54 bits per heavy atom. The highest BCUT2D eigenvalue weighted by Crippen LogP contribution is 2.22. The van der Waals surface area contributed by atoms with E-state index in [1.165, 1.54) is 0 Å². The normalized spacial score (nSPS) is 10.5. The second kappa shape index (κ2) is 3.22. The molecular formula is C9H8N2OS.